The van der Waals surface area contributed by atoms with Gasteiger partial charge >= 0.3 is 0 Å². The number of rotatable bonds is 6. The molecule has 1 aliphatic heterocycles. The molecule has 0 aromatic carbocycles. The lowest BCUT2D eigenvalue weighted by Gasteiger charge is -2.41. The molecule has 1 aliphatic carbocycles. The van der Waals surface area contributed by atoms with Gasteiger partial charge < -0.3 is 14.4 Å². The Morgan fingerprint density at radius 2 is 1.91 bits per heavy atom. The first-order valence-corrected chi connectivity index (χ1v) is 8.41. The molecule has 3 rings (SSSR count). The maximum absolute atomic E-state index is 6.06. The Hall–Kier alpha value is -1.21. The summed E-state index contributed by atoms with van der Waals surface area (Å²) in [5.41, 5.74) is -0.0786. The molecule has 7 nitrogen and oxygen atoms in total. The van der Waals surface area contributed by atoms with Gasteiger partial charge in [-0.2, -0.15) is 0 Å². The molecule has 2 heterocycles. The second kappa shape index (κ2) is 6.50. The fourth-order valence-corrected chi connectivity index (χ4v) is 3.34. The van der Waals surface area contributed by atoms with Gasteiger partial charge in [-0.05, 0) is 42.5 Å². The third-order valence-electron chi connectivity index (χ3n) is 5.08. The van der Waals surface area contributed by atoms with Gasteiger partial charge in [0.1, 0.15) is 0 Å². The van der Waals surface area contributed by atoms with Gasteiger partial charge in [-0.25, -0.2) is 4.68 Å². The van der Waals surface area contributed by atoms with Crippen LogP contribution >= 0.6 is 0 Å². The molecule has 0 spiro atoms. The van der Waals surface area contributed by atoms with Crippen molar-refractivity contribution in [2.45, 2.75) is 70.3 Å². The Balaban J connectivity index is 1.75. The Morgan fingerprint density at radius 3 is 2.41 bits per heavy atom. The van der Waals surface area contributed by atoms with Crippen LogP contribution in [0.5, 0.6) is 0 Å². The van der Waals surface area contributed by atoms with Crippen LogP contribution in [0.25, 0.3) is 0 Å². The quantitative estimate of drug-likeness (QED) is 0.796. The second-order valence-corrected chi connectivity index (χ2v) is 6.48. The predicted octanol–water partition coefficient (Wildman–Crippen LogP) is 1.64. The second-order valence-electron chi connectivity index (χ2n) is 6.48. The van der Waals surface area contributed by atoms with E-state index in [-0.39, 0.29) is 17.8 Å². The fourth-order valence-electron chi connectivity index (χ4n) is 3.34. The molecule has 124 valence electrons. The highest BCUT2D eigenvalue weighted by Crippen LogP contribution is 2.37. The number of hydrogen-bond acceptors (Lipinski definition) is 6. The van der Waals surface area contributed by atoms with Crippen molar-refractivity contribution in [2.24, 2.45) is 0 Å². The first-order chi connectivity index (χ1) is 10.7. The van der Waals surface area contributed by atoms with Crippen molar-refractivity contribution in [3.8, 4) is 0 Å². The topological polar surface area (TPSA) is 65.3 Å². The lowest BCUT2D eigenvalue weighted by atomic mass is 9.80. The molecule has 1 aromatic rings. The molecule has 2 unspecified atom stereocenters. The molecule has 1 saturated carbocycles. The van der Waals surface area contributed by atoms with Crippen LogP contribution in [0.15, 0.2) is 0 Å². The molecule has 2 aliphatic rings. The number of anilines is 1. The zero-order valence-corrected chi connectivity index (χ0v) is 13.9. The third kappa shape index (κ3) is 2.96. The van der Waals surface area contributed by atoms with Crippen molar-refractivity contribution in [1.82, 2.24) is 20.2 Å². The first-order valence-electron chi connectivity index (χ1n) is 8.41. The van der Waals surface area contributed by atoms with E-state index in [0.717, 1.165) is 51.3 Å². The molecule has 7 heteroatoms. The van der Waals surface area contributed by atoms with Gasteiger partial charge in [-0.15, -0.1) is 0 Å². The van der Waals surface area contributed by atoms with Crippen LogP contribution < -0.4 is 4.90 Å². The number of nitrogens with zero attached hydrogens (tertiary/aromatic N) is 5. The summed E-state index contributed by atoms with van der Waals surface area (Å²) in [4.78, 5) is 2.27. The van der Waals surface area contributed by atoms with Crippen LogP contribution in [0, 0.1) is 0 Å². The van der Waals surface area contributed by atoms with E-state index in [0.29, 0.717) is 0 Å². The van der Waals surface area contributed by atoms with Crippen LogP contribution in [0.4, 0.5) is 5.95 Å². The van der Waals surface area contributed by atoms with Gasteiger partial charge in [0.2, 0.25) is 5.95 Å². The zero-order chi connectivity index (χ0) is 15.6. The van der Waals surface area contributed by atoms with Gasteiger partial charge in [0.05, 0.1) is 24.4 Å². The maximum Gasteiger partial charge on any atom is 0.245 e. The summed E-state index contributed by atoms with van der Waals surface area (Å²) in [6.07, 6.45) is 5.92. The van der Waals surface area contributed by atoms with Crippen molar-refractivity contribution in [3.63, 3.8) is 0 Å². The van der Waals surface area contributed by atoms with E-state index in [1.165, 1.54) is 6.42 Å². The van der Waals surface area contributed by atoms with E-state index in [1.807, 2.05) is 4.68 Å². The van der Waals surface area contributed by atoms with E-state index in [2.05, 4.69) is 34.3 Å². The minimum Gasteiger partial charge on any atom is -0.376 e. The average molecular weight is 309 g/mol. The van der Waals surface area contributed by atoms with Crippen LogP contribution in [0.3, 0.4) is 0 Å². The van der Waals surface area contributed by atoms with Gasteiger partial charge in [-0.3, -0.25) is 0 Å². The SMILES string of the molecule is CCC1CN(c2nnnn2CC2(OC)CCC2)CC(CC)O1. The Morgan fingerprint density at radius 1 is 1.23 bits per heavy atom. The van der Waals surface area contributed by atoms with E-state index in [9.17, 15) is 0 Å². The van der Waals surface area contributed by atoms with Gasteiger partial charge in [0.25, 0.3) is 0 Å². The first kappa shape index (κ1) is 15.7. The van der Waals surface area contributed by atoms with Gasteiger partial charge in [0, 0.05) is 20.2 Å². The van der Waals surface area contributed by atoms with Crippen LogP contribution in [0.1, 0.15) is 46.0 Å². The number of hydrogen-bond donors (Lipinski definition) is 0. The van der Waals surface area contributed by atoms with Crippen molar-refractivity contribution < 1.29 is 9.47 Å². The normalized spacial score (nSPS) is 27.7. The molecule has 0 N–H and O–H groups in total. The third-order valence-corrected chi connectivity index (χ3v) is 5.08. The van der Waals surface area contributed by atoms with Crippen LogP contribution in [-0.4, -0.2) is 58.2 Å². The van der Waals surface area contributed by atoms with Crippen LogP contribution in [0.2, 0.25) is 0 Å². The Labute approximate surface area is 131 Å². The fraction of sp³-hybridized carbons (Fsp3) is 0.933. The van der Waals surface area contributed by atoms with Crippen LogP contribution in [-0.2, 0) is 16.0 Å². The summed E-state index contributed by atoms with van der Waals surface area (Å²) in [5, 5.41) is 12.4. The molecule has 0 bridgehead atoms. The minimum atomic E-state index is -0.0786. The smallest absolute Gasteiger partial charge is 0.245 e. The lowest BCUT2D eigenvalue weighted by molar-refractivity contribution is -0.0858. The molecule has 1 saturated heterocycles. The summed E-state index contributed by atoms with van der Waals surface area (Å²) in [7, 11) is 1.79. The van der Waals surface area contributed by atoms with E-state index in [1.54, 1.807) is 7.11 Å². The minimum absolute atomic E-state index is 0.0786. The van der Waals surface area contributed by atoms with E-state index in [4.69, 9.17) is 9.47 Å². The highest BCUT2D eigenvalue weighted by atomic mass is 16.5. The summed E-state index contributed by atoms with van der Waals surface area (Å²) in [6.45, 7) is 6.77. The molecule has 0 radical (unpaired) electrons. The standard InChI is InChI=1S/C15H27N5O2/c1-4-12-9-19(10-13(5-2)22-12)14-16-17-18-20(14)11-15(21-3)7-6-8-15/h12-13H,4-11H2,1-3H3. The van der Waals surface area contributed by atoms with Crippen molar-refractivity contribution in [1.29, 1.82) is 0 Å². The number of tetrazole rings is 1. The Kier molecular flexibility index (Phi) is 4.63. The van der Waals surface area contributed by atoms with Gasteiger partial charge in [-0.1, -0.05) is 18.9 Å². The van der Waals surface area contributed by atoms with E-state index < -0.39 is 0 Å². The van der Waals surface area contributed by atoms with Crippen molar-refractivity contribution in [3.05, 3.63) is 0 Å². The molecule has 2 atom stereocenters. The average Bonchev–Trinajstić information content (AvgIpc) is 2.98. The largest absolute Gasteiger partial charge is 0.376 e. The number of ether oxygens (including phenoxy) is 2. The number of methoxy groups -OCH3 is 1. The Bertz CT molecular complexity index is 471. The zero-order valence-electron chi connectivity index (χ0n) is 13.9. The van der Waals surface area contributed by atoms with Gasteiger partial charge in [0.15, 0.2) is 0 Å². The molecule has 0 amide bonds. The van der Waals surface area contributed by atoms with Crippen molar-refractivity contribution in [2.75, 3.05) is 25.1 Å². The molecule has 2 fully saturated rings. The van der Waals surface area contributed by atoms with E-state index >= 15 is 0 Å². The highest BCUT2D eigenvalue weighted by molar-refractivity contribution is 5.30. The summed E-state index contributed by atoms with van der Waals surface area (Å²) < 4.78 is 13.7. The molecular weight excluding hydrogens is 282 g/mol. The molecule has 1 aromatic heterocycles. The predicted molar refractivity (Wildman–Crippen MR) is 82.9 cm³/mol. The van der Waals surface area contributed by atoms with Crippen molar-refractivity contribution >= 4 is 5.95 Å². The highest BCUT2D eigenvalue weighted by Gasteiger charge is 2.39. The molecular formula is C15H27N5O2. The monoisotopic (exact) mass is 309 g/mol. The maximum atomic E-state index is 6.06. The lowest BCUT2D eigenvalue weighted by Crippen LogP contribution is -2.49. The number of aromatic nitrogens is 4. The number of morpholine rings is 1. The summed E-state index contributed by atoms with van der Waals surface area (Å²) in [6, 6.07) is 0. The summed E-state index contributed by atoms with van der Waals surface area (Å²) in [5.74, 6) is 0.850. The summed E-state index contributed by atoms with van der Waals surface area (Å²) >= 11 is 0. The molecule has 22 heavy (non-hydrogen) atoms.